The molecule has 106 valence electrons. The third kappa shape index (κ3) is 4.15. The maximum atomic E-state index is 13.4. The highest BCUT2D eigenvalue weighted by Gasteiger charge is 2.02. The summed E-state index contributed by atoms with van der Waals surface area (Å²) in [4.78, 5) is 4.27. The number of anilines is 2. The Morgan fingerprint density at radius 1 is 1.15 bits per heavy atom. The topological polar surface area (TPSA) is 62.7 Å². The van der Waals surface area contributed by atoms with Crippen molar-refractivity contribution in [2.24, 2.45) is 0 Å². The van der Waals surface area contributed by atoms with Crippen LogP contribution in [0.3, 0.4) is 0 Å². The van der Waals surface area contributed by atoms with E-state index in [-0.39, 0.29) is 5.82 Å². The normalized spacial score (nSPS) is 10.3. The zero-order valence-electron chi connectivity index (χ0n) is 11.4. The predicted octanol–water partition coefficient (Wildman–Crippen LogP) is 2.49. The van der Waals surface area contributed by atoms with Crippen molar-refractivity contribution in [2.45, 2.75) is 19.8 Å². The second kappa shape index (κ2) is 7.37. The first-order valence-corrected chi connectivity index (χ1v) is 6.70. The zero-order valence-corrected chi connectivity index (χ0v) is 11.4. The number of hydrogen-bond donors (Lipinski definition) is 2. The fourth-order valence-corrected chi connectivity index (χ4v) is 1.73. The molecule has 0 aliphatic heterocycles. The van der Waals surface area contributed by atoms with Gasteiger partial charge in [0.2, 0.25) is 5.95 Å². The Balaban J connectivity index is 1.86. The van der Waals surface area contributed by atoms with Crippen LogP contribution in [0.4, 0.5) is 16.2 Å². The van der Waals surface area contributed by atoms with E-state index < -0.39 is 0 Å². The molecule has 2 aromatic rings. The van der Waals surface area contributed by atoms with Gasteiger partial charge in [0, 0.05) is 13.1 Å². The van der Waals surface area contributed by atoms with Crippen molar-refractivity contribution in [2.75, 3.05) is 23.7 Å². The smallest absolute Gasteiger partial charge is 0.244 e. The van der Waals surface area contributed by atoms with Gasteiger partial charge in [0.05, 0.1) is 6.20 Å². The lowest BCUT2D eigenvalue weighted by Gasteiger charge is -2.07. The van der Waals surface area contributed by atoms with Crippen molar-refractivity contribution in [3.05, 3.63) is 41.8 Å². The average Bonchev–Trinajstić information content (AvgIpc) is 2.48. The fraction of sp³-hybridized carbons (Fsp3) is 0.357. The van der Waals surface area contributed by atoms with Gasteiger partial charge in [0.25, 0.3) is 0 Å². The zero-order chi connectivity index (χ0) is 14.2. The molecule has 0 atom stereocenters. The average molecular weight is 275 g/mol. The number of halogens is 1. The molecule has 1 aromatic carbocycles. The molecular weight excluding hydrogens is 257 g/mol. The molecule has 1 aromatic heterocycles. The summed E-state index contributed by atoms with van der Waals surface area (Å²) in [5.74, 6) is 0.957. The Kier molecular flexibility index (Phi) is 5.23. The van der Waals surface area contributed by atoms with Gasteiger partial charge in [-0.2, -0.15) is 10.1 Å². The van der Waals surface area contributed by atoms with Crippen LogP contribution in [0.5, 0.6) is 0 Å². The van der Waals surface area contributed by atoms with E-state index >= 15 is 0 Å². The van der Waals surface area contributed by atoms with Gasteiger partial charge in [-0.05, 0) is 24.5 Å². The summed E-state index contributed by atoms with van der Waals surface area (Å²) in [6.45, 7) is 3.46. The van der Waals surface area contributed by atoms with Crippen LogP contribution in [0, 0.1) is 5.82 Å². The second-order valence-corrected chi connectivity index (χ2v) is 4.36. The predicted molar refractivity (Wildman–Crippen MR) is 77.2 cm³/mol. The number of nitrogens with one attached hydrogen (secondary N) is 2. The summed E-state index contributed by atoms with van der Waals surface area (Å²) in [6, 6.07) is 6.77. The van der Waals surface area contributed by atoms with Gasteiger partial charge in [-0.1, -0.05) is 25.1 Å². The van der Waals surface area contributed by atoms with E-state index in [0.29, 0.717) is 30.3 Å². The standard InChI is InChI=1S/C14H18FN5/c1-2-8-17-14-19-13(10-18-20-14)16-9-7-11-5-3-4-6-12(11)15/h3-6,10H,2,7-9H2,1H3,(H2,16,17,19,20). The molecule has 1 heterocycles. The molecule has 0 spiro atoms. The quantitative estimate of drug-likeness (QED) is 0.813. The summed E-state index contributed by atoms with van der Waals surface area (Å²) in [5.41, 5.74) is 0.686. The van der Waals surface area contributed by atoms with E-state index in [1.165, 1.54) is 6.07 Å². The van der Waals surface area contributed by atoms with Gasteiger partial charge in [-0.15, -0.1) is 5.10 Å². The van der Waals surface area contributed by atoms with E-state index in [9.17, 15) is 4.39 Å². The van der Waals surface area contributed by atoms with Crippen molar-refractivity contribution in [1.29, 1.82) is 0 Å². The Hall–Kier alpha value is -2.24. The minimum absolute atomic E-state index is 0.180. The van der Waals surface area contributed by atoms with E-state index in [1.54, 1.807) is 18.3 Å². The third-order valence-corrected chi connectivity index (χ3v) is 2.75. The highest BCUT2D eigenvalue weighted by atomic mass is 19.1. The van der Waals surface area contributed by atoms with Gasteiger partial charge in [0.1, 0.15) is 5.82 Å². The van der Waals surface area contributed by atoms with E-state index in [1.807, 2.05) is 6.07 Å². The second-order valence-electron chi connectivity index (χ2n) is 4.36. The number of nitrogens with zero attached hydrogens (tertiary/aromatic N) is 3. The lowest BCUT2D eigenvalue weighted by atomic mass is 10.1. The van der Waals surface area contributed by atoms with Crippen LogP contribution in [-0.4, -0.2) is 28.3 Å². The number of hydrogen-bond acceptors (Lipinski definition) is 5. The highest BCUT2D eigenvalue weighted by Crippen LogP contribution is 2.08. The monoisotopic (exact) mass is 275 g/mol. The van der Waals surface area contributed by atoms with Crippen molar-refractivity contribution in [3.8, 4) is 0 Å². The van der Waals surface area contributed by atoms with Crippen LogP contribution in [0.25, 0.3) is 0 Å². The summed E-state index contributed by atoms with van der Waals surface area (Å²) in [6.07, 6.45) is 3.14. The molecule has 0 radical (unpaired) electrons. The largest absolute Gasteiger partial charge is 0.368 e. The SMILES string of the molecule is CCCNc1nncc(NCCc2ccccc2F)n1. The first-order valence-electron chi connectivity index (χ1n) is 6.70. The van der Waals surface area contributed by atoms with E-state index in [0.717, 1.165) is 13.0 Å². The first-order chi connectivity index (χ1) is 9.79. The van der Waals surface area contributed by atoms with Crippen LogP contribution in [0.2, 0.25) is 0 Å². The molecule has 0 aliphatic carbocycles. The lowest BCUT2D eigenvalue weighted by molar-refractivity contribution is 0.610. The van der Waals surface area contributed by atoms with Gasteiger partial charge >= 0.3 is 0 Å². The minimum atomic E-state index is -0.180. The van der Waals surface area contributed by atoms with Crippen LogP contribution < -0.4 is 10.6 Å². The molecule has 2 N–H and O–H groups in total. The molecule has 0 saturated heterocycles. The van der Waals surface area contributed by atoms with Crippen LogP contribution >= 0.6 is 0 Å². The highest BCUT2D eigenvalue weighted by molar-refractivity contribution is 5.37. The third-order valence-electron chi connectivity index (χ3n) is 2.75. The molecule has 2 rings (SSSR count). The van der Waals surface area contributed by atoms with Gasteiger partial charge < -0.3 is 10.6 Å². The number of rotatable bonds is 7. The molecule has 0 saturated carbocycles. The van der Waals surface area contributed by atoms with Crippen molar-refractivity contribution in [1.82, 2.24) is 15.2 Å². The summed E-state index contributed by atoms with van der Waals surface area (Å²) < 4.78 is 13.4. The Labute approximate surface area is 117 Å². The molecule has 0 bridgehead atoms. The fourth-order valence-electron chi connectivity index (χ4n) is 1.73. The molecule has 6 heteroatoms. The molecule has 0 fully saturated rings. The van der Waals surface area contributed by atoms with Gasteiger partial charge in [0.15, 0.2) is 5.82 Å². The molecule has 0 unspecified atom stereocenters. The molecular formula is C14H18FN5. The van der Waals surface area contributed by atoms with E-state index in [2.05, 4.69) is 32.7 Å². The summed E-state index contributed by atoms with van der Waals surface area (Å²) in [7, 11) is 0. The van der Waals surface area contributed by atoms with Crippen molar-refractivity contribution < 1.29 is 4.39 Å². The molecule has 20 heavy (non-hydrogen) atoms. The minimum Gasteiger partial charge on any atom is -0.368 e. The Morgan fingerprint density at radius 2 is 2.00 bits per heavy atom. The summed E-state index contributed by atoms with van der Waals surface area (Å²) in [5, 5.41) is 13.9. The number of benzene rings is 1. The van der Waals surface area contributed by atoms with Crippen molar-refractivity contribution >= 4 is 11.8 Å². The molecule has 5 nitrogen and oxygen atoms in total. The Morgan fingerprint density at radius 3 is 2.80 bits per heavy atom. The van der Waals surface area contributed by atoms with Gasteiger partial charge in [-0.25, -0.2) is 4.39 Å². The Bertz CT molecular complexity index is 547. The molecule has 0 amide bonds. The maximum absolute atomic E-state index is 13.4. The molecule has 0 aliphatic rings. The maximum Gasteiger partial charge on any atom is 0.244 e. The van der Waals surface area contributed by atoms with E-state index in [4.69, 9.17) is 0 Å². The van der Waals surface area contributed by atoms with Crippen LogP contribution in [-0.2, 0) is 6.42 Å². The van der Waals surface area contributed by atoms with Gasteiger partial charge in [-0.3, -0.25) is 0 Å². The van der Waals surface area contributed by atoms with Crippen molar-refractivity contribution in [3.63, 3.8) is 0 Å². The first kappa shape index (κ1) is 14.2. The van der Waals surface area contributed by atoms with Crippen LogP contribution in [0.15, 0.2) is 30.5 Å². The van der Waals surface area contributed by atoms with Crippen LogP contribution in [0.1, 0.15) is 18.9 Å². The lowest BCUT2D eigenvalue weighted by Crippen LogP contribution is -2.11. The summed E-state index contributed by atoms with van der Waals surface area (Å²) >= 11 is 0. The number of aromatic nitrogens is 3.